The van der Waals surface area contributed by atoms with Crippen molar-refractivity contribution in [3.05, 3.63) is 42.5 Å². The van der Waals surface area contributed by atoms with Crippen LogP contribution in [-0.2, 0) is 16.0 Å². The highest BCUT2D eigenvalue weighted by molar-refractivity contribution is 6.01. The Bertz CT molecular complexity index is 1010. The van der Waals surface area contributed by atoms with Crippen LogP contribution >= 0.6 is 0 Å². The van der Waals surface area contributed by atoms with Gasteiger partial charge in [-0.1, -0.05) is 0 Å². The molecule has 0 aromatic carbocycles. The molecular weight excluding hydrogens is 344 g/mol. The second kappa shape index (κ2) is 6.44. The van der Waals surface area contributed by atoms with Crippen LogP contribution in [0.5, 0.6) is 0 Å². The molecule has 3 aromatic heterocycles. The van der Waals surface area contributed by atoms with Gasteiger partial charge >= 0.3 is 0 Å². The van der Waals surface area contributed by atoms with Gasteiger partial charge in [-0.25, -0.2) is 4.98 Å². The third kappa shape index (κ3) is 2.98. The predicted octanol–water partition coefficient (Wildman–Crippen LogP) is 2.05. The third-order valence-corrected chi connectivity index (χ3v) is 5.32. The maximum absolute atomic E-state index is 12.5. The first-order valence-electron chi connectivity index (χ1n) is 9.20. The van der Waals surface area contributed by atoms with Crippen molar-refractivity contribution in [1.82, 2.24) is 15.0 Å². The monoisotopic (exact) mass is 364 g/mol. The Hall–Kier alpha value is -2.77. The van der Waals surface area contributed by atoms with E-state index in [1.54, 1.807) is 11.1 Å². The summed E-state index contributed by atoms with van der Waals surface area (Å²) in [5.74, 6) is 0.0450. The highest BCUT2D eigenvalue weighted by Crippen LogP contribution is 2.33. The largest absolute Gasteiger partial charge is 0.391 e. The lowest BCUT2D eigenvalue weighted by molar-refractivity contribution is -0.118. The summed E-state index contributed by atoms with van der Waals surface area (Å²) in [6.07, 6.45) is 6.82. The normalized spacial score (nSPS) is 22.4. The van der Waals surface area contributed by atoms with Crippen molar-refractivity contribution in [3.8, 4) is 11.1 Å². The zero-order valence-corrected chi connectivity index (χ0v) is 14.8. The van der Waals surface area contributed by atoms with E-state index in [1.807, 2.05) is 24.5 Å². The van der Waals surface area contributed by atoms with Crippen LogP contribution in [0.4, 0.5) is 5.69 Å². The minimum atomic E-state index is -0.396. The Morgan fingerprint density at radius 1 is 1.22 bits per heavy atom. The first-order chi connectivity index (χ1) is 13.2. The molecule has 5 rings (SSSR count). The lowest BCUT2D eigenvalue weighted by Crippen LogP contribution is -2.40. The molecule has 2 atom stereocenters. The molecule has 0 spiro atoms. The molecule has 5 heterocycles. The van der Waals surface area contributed by atoms with E-state index in [9.17, 15) is 9.90 Å². The summed E-state index contributed by atoms with van der Waals surface area (Å²) in [4.78, 5) is 26.4. The van der Waals surface area contributed by atoms with Crippen molar-refractivity contribution in [2.75, 3.05) is 18.1 Å². The van der Waals surface area contributed by atoms with Gasteiger partial charge in [-0.05, 0) is 31.0 Å². The maximum atomic E-state index is 12.5. The van der Waals surface area contributed by atoms with E-state index < -0.39 is 6.10 Å². The predicted molar refractivity (Wildman–Crippen MR) is 100 cm³/mol. The molecule has 7 heteroatoms. The van der Waals surface area contributed by atoms with Crippen molar-refractivity contribution < 1.29 is 14.6 Å². The number of hydrogen-bond donors (Lipinski definition) is 2. The highest BCUT2D eigenvalue weighted by atomic mass is 16.5. The summed E-state index contributed by atoms with van der Waals surface area (Å²) < 4.78 is 5.69. The van der Waals surface area contributed by atoms with Gasteiger partial charge in [-0.2, -0.15) is 0 Å². The van der Waals surface area contributed by atoms with Gasteiger partial charge in [-0.15, -0.1) is 0 Å². The van der Waals surface area contributed by atoms with Crippen LogP contribution in [0.15, 0.2) is 36.8 Å². The number of pyridine rings is 2. The van der Waals surface area contributed by atoms with Crippen LogP contribution in [0.1, 0.15) is 18.5 Å². The molecule has 0 radical (unpaired) electrons. The maximum Gasteiger partial charge on any atom is 0.233 e. The van der Waals surface area contributed by atoms with E-state index in [0.29, 0.717) is 26.0 Å². The standard InChI is InChI=1S/C20H20N4O3/c25-15-1-2-16(27-11-15)10-24-18-6-14(8-22-17(18)7-19(24)26)13-5-12-3-4-21-20(12)23-9-13/h3-6,8-9,15-16,25H,1-2,7,10-11H2,(H,21,23)/t15-,16+/m0/s1. The summed E-state index contributed by atoms with van der Waals surface area (Å²) in [7, 11) is 0. The van der Waals surface area contributed by atoms with Crippen LogP contribution in [0.25, 0.3) is 22.2 Å². The number of amides is 1. The Morgan fingerprint density at radius 2 is 2.07 bits per heavy atom. The van der Waals surface area contributed by atoms with Crippen LogP contribution in [0.3, 0.4) is 0 Å². The number of aromatic amines is 1. The van der Waals surface area contributed by atoms with E-state index in [-0.39, 0.29) is 12.0 Å². The molecule has 1 amide bonds. The number of carbonyl (C=O) groups excluding carboxylic acids is 1. The fraction of sp³-hybridized carbons (Fsp3) is 0.350. The molecule has 0 aliphatic carbocycles. The van der Waals surface area contributed by atoms with Gasteiger partial charge in [-0.3, -0.25) is 9.78 Å². The third-order valence-electron chi connectivity index (χ3n) is 5.32. The molecule has 7 nitrogen and oxygen atoms in total. The number of aromatic nitrogens is 3. The van der Waals surface area contributed by atoms with Crippen molar-refractivity contribution in [3.63, 3.8) is 0 Å². The molecule has 1 fully saturated rings. The van der Waals surface area contributed by atoms with Gasteiger partial charge < -0.3 is 19.7 Å². The average molecular weight is 364 g/mol. The van der Waals surface area contributed by atoms with Crippen molar-refractivity contribution in [2.24, 2.45) is 0 Å². The van der Waals surface area contributed by atoms with Gasteiger partial charge in [0.25, 0.3) is 0 Å². The Balaban J connectivity index is 1.44. The topological polar surface area (TPSA) is 91.3 Å². The summed E-state index contributed by atoms with van der Waals surface area (Å²) in [5.41, 5.74) is 4.40. The smallest absolute Gasteiger partial charge is 0.233 e. The summed E-state index contributed by atoms with van der Waals surface area (Å²) in [6.45, 7) is 0.832. The average Bonchev–Trinajstić information content (AvgIpc) is 3.27. The number of carbonyl (C=O) groups is 1. The zero-order chi connectivity index (χ0) is 18.4. The lowest BCUT2D eigenvalue weighted by atomic mass is 10.1. The molecule has 0 unspecified atom stereocenters. The number of fused-ring (bicyclic) bond motifs is 2. The van der Waals surface area contributed by atoms with Crippen LogP contribution in [0.2, 0.25) is 0 Å². The molecular formula is C20H20N4O3. The Labute approximate surface area is 156 Å². The van der Waals surface area contributed by atoms with Gasteiger partial charge in [0.2, 0.25) is 5.91 Å². The summed E-state index contributed by atoms with van der Waals surface area (Å²) in [6, 6.07) is 6.06. The number of H-pyrrole nitrogens is 1. The second-order valence-corrected chi connectivity index (χ2v) is 7.20. The van der Waals surface area contributed by atoms with Crippen LogP contribution < -0.4 is 4.90 Å². The molecule has 1 saturated heterocycles. The number of aliphatic hydroxyl groups excluding tert-OH is 1. The van der Waals surface area contributed by atoms with E-state index in [1.165, 1.54) is 0 Å². The molecule has 0 saturated carbocycles. The van der Waals surface area contributed by atoms with Gasteiger partial charge in [0.15, 0.2) is 0 Å². The number of hydrogen-bond acceptors (Lipinski definition) is 5. The first-order valence-corrected chi connectivity index (χ1v) is 9.20. The Morgan fingerprint density at radius 3 is 2.93 bits per heavy atom. The van der Waals surface area contributed by atoms with Crippen molar-refractivity contribution in [1.29, 1.82) is 0 Å². The van der Waals surface area contributed by atoms with E-state index in [2.05, 4.69) is 21.0 Å². The minimum absolute atomic E-state index is 0.0450. The van der Waals surface area contributed by atoms with E-state index in [0.717, 1.165) is 40.0 Å². The summed E-state index contributed by atoms with van der Waals surface area (Å²) in [5, 5.41) is 10.6. The number of nitrogens with zero attached hydrogens (tertiary/aromatic N) is 3. The fourth-order valence-corrected chi connectivity index (χ4v) is 3.82. The number of aliphatic hydroxyl groups is 1. The van der Waals surface area contributed by atoms with Gasteiger partial charge in [0.1, 0.15) is 5.65 Å². The van der Waals surface area contributed by atoms with E-state index >= 15 is 0 Å². The highest BCUT2D eigenvalue weighted by Gasteiger charge is 2.32. The molecule has 3 aromatic rings. The molecule has 2 N–H and O–H groups in total. The molecule has 2 aliphatic heterocycles. The van der Waals surface area contributed by atoms with Crippen molar-refractivity contribution >= 4 is 22.6 Å². The lowest BCUT2D eigenvalue weighted by Gasteiger charge is -2.29. The summed E-state index contributed by atoms with van der Waals surface area (Å²) >= 11 is 0. The van der Waals surface area contributed by atoms with Gasteiger partial charge in [0.05, 0.1) is 43.2 Å². The Kier molecular flexibility index (Phi) is 3.91. The van der Waals surface area contributed by atoms with Crippen LogP contribution in [-0.4, -0.2) is 51.3 Å². The number of anilines is 1. The van der Waals surface area contributed by atoms with Crippen molar-refractivity contribution in [2.45, 2.75) is 31.5 Å². The van der Waals surface area contributed by atoms with Crippen LogP contribution in [0, 0.1) is 0 Å². The quantitative estimate of drug-likeness (QED) is 0.742. The second-order valence-electron chi connectivity index (χ2n) is 7.20. The van der Waals surface area contributed by atoms with E-state index in [4.69, 9.17) is 4.74 Å². The number of rotatable bonds is 3. The number of ether oxygens (including phenoxy) is 1. The minimum Gasteiger partial charge on any atom is -0.391 e. The molecule has 2 aliphatic rings. The molecule has 0 bridgehead atoms. The SMILES string of the molecule is O=C1Cc2ncc(-c3cnc4[nH]ccc4c3)cc2N1C[C@H]1CC[C@H](O)CO1. The molecule has 27 heavy (non-hydrogen) atoms. The number of nitrogens with one attached hydrogen (secondary N) is 1. The zero-order valence-electron chi connectivity index (χ0n) is 14.8. The molecule has 138 valence electrons. The first kappa shape index (κ1) is 16.4. The van der Waals surface area contributed by atoms with Gasteiger partial charge in [0, 0.05) is 35.1 Å². The fourth-order valence-electron chi connectivity index (χ4n) is 3.82.